The second-order valence-electron chi connectivity index (χ2n) is 4.56. The Morgan fingerprint density at radius 2 is 1.94 bits per heavy atom. The predicted octanol–water partition coefficient (Wildman–Crippen LogP) is 1.76. The van der Waals surface area contributed by atoms with Crippen LogP contribution in [0, 0.1) is 5.41 Å². The zero-order valence-corrected chi connectivity index (χ0v) is 9.24. The monoisotopic (exact) mass is 233 g/mol. The molecule has 0 fully saturated rings. The molecule has 0 aromatic heterocycles. The van der Waals surface area contributed by atoms with Crippen LogP contribution in [0.4, 0.5) is 13.8 Å². The van der Waals surface area contributed by atoms with Crippen LogP contribution in [-0.4, -0.2) is 16.8 Å². The largest absolute Gasteiger partial charge is 0.486 e. The smallest absolute Gasteiger partial charge is 0.293 e. The zero-order chi connectivity index (χ0) is 12.6. The molecule has 16 heavy (non-hydrogen) atoms. The van der Waals surface area contributed by atoms with Crippen LogP contribution < -0.4 is 5.11 Å². The molecule has 0 N–H and O–H groups in total. The second-order valence-corrected chi connectivity index (χ2v) is 4.56. The van der Waals surface area contributed by atoms with Gasteiger partial charge in [0, 0.05) is 11.5 Å². The Morgan fingerprint density at radius 3 is 2.31 bits per heavy atom. The van der Waals surface area contributed by atoms with Crippen molar-refractivity contribution in [2.75, 3.05) is 0 Å². The molecule has 6 heteroatoms. The molecule has 0 radical (unpaired) electrons. The molecule has 0 spiro atoms. The fraction of sp³-hybridized carbons (Fsp3) is 0.500. The van der Waals surface area contributed by atoms with E-state index in [0.717, 1.165) is 12.2 Å². The molecule has 0 saturated carbocycles. The molecule has 0 amide bonds. The van der Waals surface area contributed by atoms with Crippen molar-refractivity contribution in [3.8, 4) is 0 Å². The Morgan fingerprint density at radius 1 is 1.38 bits per heavy atom. The lowest BCUT2D eigenvalue weighted by Gasteiger charge is -2.44. The molecule has 90 valence electrons. The number of hydrogen-bond donors (Lipinski definition) is 0. The summed E-state index contributed by atoms with van der Waals surface area (Å²) in [6.45, 7) is 4.39. The number of ether oxygens (including phenoxy) is 1. The maximum atomic E-state index is 13.8. The molecule has 1 aliphatic rings. The van der Waals surface area contributed by atoms with Crippen LogP contribution in [0.1, 0.15) is 20.8 Å². The molecule has 0 aliphatic carbocycles. The first-order valence-corrected chi connectivity index (χ1v) is 4.68. The first-order valence-electron chi connectivity index (χ1n) is 4.68. The van der Waals surface area contributed by atoms with Crippen LogP contribution in [0.2, 0.25) is 0 Å². The highest BCUT2D eigenvalue weighted by Gasteiger charge is 2.62. The summed E-state index contributed by atoms with van der Waals surface area (Å²) < 4.78 is 31.9. The topological polar surface area (TPSA) is 49.4 Å². The molecule has 0 saturated heterocycles. The van der Waals surface area contributed by atoms with Gasteiger partial charge in [0.2, 0.25) is 0 Å². The van der Waals surface area contributed by atoms with Crippen molar-refractivity contribution in [3.63, 3.8) is 0 Å². The van der Waals surface area contributed by atoms with Crippen LogP contribution in [0.5, 0.6) is 0 Å². The van der Waals surface area contributed by atoms with E-state index in [1.807, 2.05) is 0 Å². The standard InChI is InChI=1S/C10H13F2NO3/c1-9(2,3)10(16-8(14)15)6-4-5-7-13(10,11)12/h4-7H,1-3H3. The first-order chi connectivity index (χ1) is 7.12. The van der Waals surface area contributed by atoms with E-state index in [0.29, 0.717) is 6.20 Å². The van der Waals surface area contributed by atoms with E-state index in [9.17, 15) is 18.9 Å². The van der Waals surface area contributed by atoms with Crippen LogP contribution in [0.15, 0.2) is 24.4 Å². The minimum atomic E-state index is -2.69. The summed E-state index contributed by atoms with van der Waals surface area (Å²) in [5.74, 6) is 0. The van der Waals surface area contributed by atoms with Crippen molar-refractivity contribution in [2.24, 2.45) is 5.41 Å². The molecular weight excluding hydrogens is 220 g/mol. The molecule has 1 rings (SSSR count). The zero-order valence-electron chi connectivity index (χ0n) is 9.24. The molecule has 0 aromatic carbocycles. The lowest BCUT2D eigenvalue weighted by molar-refractivity contribution is -1.18. The number of quaternary nitrogens is 1. The van der Waals surface area contributed by atoms with Crippen molar-refractivity contribution >= 4 is 6.16 Å². The number of halogens is 2. The molecule has 1 unspecified atom stereocenters. The van der Waals surface area contributed by atoms with Crippen molar-refractivity contribution in [1.82, 2.24) is 0 Å². The van der Waals surface area contributed by atoms with Gasteiger partial charge in [-0.05, 0) is 6.08 Å². The number of rotatable bonds is 1. The van der Waals surface area contributed by atoms with Gasteiger partial charge in [0.05, 0.1) is 8.96 Å². The van der Waals surface area contributed by atoms with E-state index in [4.69, 9.17) is 0 Å². The van der Waals surface area contributed by atoms with Crippen LogP contribution in [0.3, 0.4) is 0 Å². The third kappa shape index (κ3) is 1.80. The highest BCUT2D eigenvalue weighted by Crippen LogP contribution is 2.46. The van der Waals surface area contributed by atoms with Crippen molar-refractivity contribution in [1.29, 1.82) is 0 Å². The predicted molar refractivity (Wildman–Crippen MR) is 49.4 cm³/mol. The van der Waals surface area contributed by atoms with Gasteiger partial charge in [-0.3, -0.25) is 0 Å². The summed E-state index contributed by atoms with van der Waals surface area (Å²) in [4.78, 5) is 7.78. The van der Waals surface area contributed by atoms with E-state index in [1.54, 1.807) is 0 Å². The van der Waals surface area contributed by atoms with Crippen LogP contribution >= 0.6 is 0 Å². The van der Waals surface area contributed by atoms with E-state index < -0.39 is 22.2 Å². The van der Waals surface area contributed by atoms with Gasteiger partial charge in [-0.15, -0.1) is 0 Å². The summed E-state index contributed by atoms with van der Waals surface area (Å²) >= 11 is 0. The average Bonchev–Trinajstić information content (AvgIpc) is 2.05. The average molecular weight is 233 g/mol. The second kappa shape index (κ2) is 3.55. The quantitative estimate of drug-likeness (QED) is 0.512. The van der Waals surface area contributed by atoms with Crippen LogP contribution in [-0.2, 0) is 4.74 Å². The molecule has 1 aliphatic heterocycles. The molecule has 0 bridgehead atoms. The summed E-state index contributed by atoms with van der Waals surface area (Å²) in [5, 5.41) is 10.5. The third-order valence-corrected chi connectivity index (χ3v) is 2.46. The molecule has 0 aromatic rings. The fourth-order valence-electron chi connectivity index (χ4n) is 1.63. The third-order valence-electron chi connectivity index (χ3n) is 2.46. The minimum Gasteiger partial charge on any atom is -0.486 e. The van der Waals surface area contributed by atoms with E-state index in [2.05, 4.69) is 4.74 Å². The minimum absolute atomic E-state index is 0.564. The molecular formula is C10H13F2NO3. The maximum Gasteiger partial charge on any atom is 0.293 e. The maximum absolute atomic E-state index is 13.8. The Balaban J connectivity index is 3.29. The Bertz CT molecular complexity index is 358. The van der Waals surface area contributed by atoms with Crippen molar-refractivity contribution in [2.45, 2.75) is 26.5 Å². The molecule has 4 nitrogen and oxygen atoms in total. The summed E-state index contributed by atoms with van der Waals surface area (Å²) in [6.07, 6.45) is 2.07. The number of allylic oxidation sites excluding steroid dienone is 2. The van der Waals surface area contributed by atoms with E-state index in [-0.39, 0.29) is 0 Å². The summed E-state index contributed by atoms with van der Waals surface area (Å²) in [6, 6.07) is 0. The van der Waals surface area contributed by atoms with Gasteiger partial charge in [-0.25, -0.2) is 0 Å². The van der Waals surface area contributed by atoms with Gasteiger partial charge in [0.15, 0.2) is 6.20 Å². The Kier molecular flexibility index (Phi) is 2.81. The highest BCUT2D eigenvalue weighted by molar-refractivity contribution is 5.55. The van der Waals surface area contributed by atoms with Gasteiger partial charge in [0.25, 0.3) is 11.9 Å². The SMILES string of the molecule is CC(C)(C)C1(OC(=O)[O-])C=CC=C[N+]1(F)F. The van der Waals surface area contributed by atoms with Gasteiger partial charge >= 0.3 is 0 Å². The van der Waals surface area contributed by atoms with Gasteiger partial charge in [0.1, 0.15) is 4.93 Å². The fourth-order valence-corrected chi connectivity index (χ4v) is 1.63. The number of nitrogens with zero attached hydrogens (tertiary/aromatic N) is 1. The van der Waals surface area contributed by atoms with E-state index in [1.165, 1.54) is 26.8 Å². The van der Waals surface area contributed by atoms with Crippen molar-refractivity contribution < 1.29 is 28.5 Å². The lowest BCUT2D eigenvalue weighted by Crippen LogP contribution is -2.62. The highest BCUT2D eigenvalue weighted by atomic mass is 19.4. The number of hydrogen-bond acceptors (Lipinski definition) is 3. The number of carbonyl (C=O) groups is 1. The van der Waals surface area contributed by atoms with Gasteiger partial charge < -0.3 is 14.6 Å². The summed E-state index contributed by atoms with van der Waals surface area (Å²) in [5.41, 5.74) is -3.42. The van der Waals surface area contributed by atoms with Crippen LogP contribution in [0.25, 0.3) is 0 Å². The lowest BCUT2D eigenvalue weighted by atomic mass is 9.81. The Hall–Kier alpha value is -1.43. The molecule has 1 heterocycles. The van der Waals surface area contributed by atoms with Gasteiger partial charge in [-0.2, -0.15) is 0 Å². The number of carbonyl (C=O) groups excluding carboxylic acids is 1. The Labute approximate surface area is 91.9 Å². The molecule has 1 atom stereocenters. The normalized spacial score (nSPS) is 27.8. The van der Waals surface area contributed by atoms with E-state index >= 15 is 0 Å². The van der Waals surface area contributed by atoms with Gasteiger partial charge in [-0.1, -0.05) is 26.8 Å². The summed E-state index contributed by atoms with van der Waals surface area (Å²) in [7, 11) is 0. The first kappa shape index (κ1) is 12.6. The van der Waals surface area contributed by atoms with Crippen molar-refractivity contribution in [3.05, 3.63) is 24.4 Å². The number of carboxylic acid groups (broad SMARTS) is 1.